The lowest BCUT2D eigenvalue weighted by atomic mass is 10.5. The second kappa shape index (κ2) is 2.29. The van der Waals surface area contributed by atoms with Crippen molar-refractivity contribution >= 4 is 27.3 Å². The van der Waals surface area contributed by atoms with Crippen LogP contribution in [0.15, 0.2) is 15.9 Å². The van der Waals surface area contributed by atoms with Crippen LogP contribution < -0.4 is 0 Å². The molecule has 0 radical (unpaired) electrons. The molecule has 0 spiro atoms. The fraction of sp³-hybridized carbons (Fsp3) is 0. The standard InChI is InChI=1S/C5H2BrNS/c6-4-1-2-8-5(4)3-7/h1-2H. The number of halogens is 1. The van der Waals surface area contributed by atoms with Crippen molar-refractivity contribution in [2.45, 2.75) is 0 Å². The van der Waals surface area contributed by atoms with Crippen molar-refractivity contribution in [2.75, 3.05) is 0 Å². The Bertz CT molecular complexity index is 223. The van der Waals surface area contributed by atoms with Gasteiger partial charge < -0.3 is 0 Å². The molecule has 8 heavy (non-hydrogen) atoms. The van der Waals surface area contributed by atoms with Crippen LogP contribution in [0.5, 0.6) is 0 Å². The van der Waals surface area contributed by atoms with Gasteiger partial charge in [0.2, 0.25) is 0 Å². The molecule has 0 aliphatic heterocycles. The summed E-state index contributed by atoms with van der Waals surface area (Å²) in [5, 5.41) is 10.2. The van der Waals surface area contributed by atoms with Crippen LogP contribution in [-0.4, -0.2) is 0 Å². The summed E-state index contributed by atoms with van der Waals surface area (Å²) in [5.74, 6) is 0. The van der Waals surface area contributed by atoms with Crippen molar-refractivity contribution in [1.29, 1.82) is 5.26 Å². The molecule has 0 fully saturated rings. The summed E-state index contributed by atoms with van der Waals surface area (Å²) in [6.07, 6.45) is 0. The Kier molecular flexibility index (Phi) is 1.66. The second-order valence-corrected chi connectivity index (χ2v) is 2.98. The first kappa shape index (κ1) is 5.80. The van der Waals surface area contributed by atoms with Gasteiger partial charge in [0.25, 0.3) is 0 Å². The van der Waals surface area contributed by atoms with Crippen LogP contribution >= 0.6 is 27.3 Å². The lowest BCUT2D eigenvalue weighted by Crippen LogP contribution is -1.58. The van der Waals surface area contributed by atoms with Gasteiger partial charge in [-0.2, -0.15) is 5.26 Å². The van der Waals surface area contributed by atoms with Crippen LogP contribution in [0, 0.1) is 11.3 Å². The summed E-state index contributed by atoms with van der Waals surface area (Å²) >= 11 is 4.66. The van der Waals surface area contributed by atoms with Gasteiger partial charge in [0.1, 0.15) is 10.9 Å². The lowest BCUT2D eigenvalue weighted by molar-refractivity contribution is 1.52. The predicted molar refractivity (Wildman–Crippen MR) is 36.7 cm³/mol. The third kappa shape index (κ3) is 0.908. The minimum Gasteiger partial charge on any atom is -0.191 e. The van der Waals surface area contributed by atoms with E-state index >= 15 is 0 Å². The van der Waals surface area contributed by atoms with E-state index in [9.17, 15) is 0 Å². The van der Waals surface area contributed by atoms with E-state index in [1.54, 1.807) is 0 Å². The number of nitriles is 1. The summed E-state index contributed by atoms with van der Waals surface area (Å²) in [5.41, 5.74) is 0. The van der Waals surface area contributed by atoms with E-state index in [1.165, 1.54) is 11.3 Å². The van der Waals surface area contributed by atoms with Crippen LogP contribution in [0.4, 0.5) is 0 Å². The number of nitrogens with zero attached hydrogens (tertiary/aromatic N) is 1. The van der Waals surface area contributed by atoms with E-state index in [0.29, 0.717) is 0 Å². The smallest absolute Gasteiger partial charge is 0.119 e. The maximum absolute atomic E-state index is 8.34. The van der Waals surface area contributed by atoms with Gasteiger partial charge in [-0.3, -0.25) is 0 Å². The maximum Gasteiger partial charge on any atom is 0.119 e. The van der Waals surface area contributed by atoms with Gasteiger partial charge in [0.15, 0.2) is 0 Å². The van der Waals surface area contributed by atoms with Crippen LogP contribution in [0.25, 0.3) is 0 Å². The average molecular weight is 188 g/mol. The number of thiophene rings is 1. The summed E-state index contributed by atoms with van der Waals surface area (Å²) in [6.45, 7) is 0. The summed E-state index contributed by atoms with van der Waals surface area (Å²) in [6, 6.07) is 3.91. The van der Waals surface area contributed by atoms with E-state index in [-0.39, 0.29) is 0 Å². The zero-order chi connectivity index (χ0) is 5.98. The normalized spacial score (nSPS) is 8.50. The van der Waals surface area contributed by atoms with Gasteiger partial charge >= 0.3 is 0 Å². The molecular formula is C5H2BrNS. The molecule has 1 aromatic heterocycles. The molecule has 0 unspecified atom stereocenters. The predicted octanol–water partition coefficient (Wildman–Crippen LogP) is 2.38. The average Bonchev–Trinajstić information content (AvgIpc) is 2.14. The molecule has 3 heteroatoms. The van der Waals surface area contributed by atoms with Crippen LogP contribution in [0.3, 0.4) is 0 Å². The molecule has 40 valence electrons. The van der Waals surface area contributed by atoms with Crippen molar-refractivity contribution in [3.8, 4) is 6.07 Å². The van der Waals surface area contributed by atoms with E-state index < -0.39 is 0 Å². The van der Waals surface area contributed by atoms with Gasteiger partial charge in [-0.05, 0) is 27.4 Å². The number of hydrogen-bond acceptors (Lipinski definition) is 2. The van der Waals surface area contributed by atoms with E-state index in [2.05, 4.69) is 15.9 Å². The molecule has 1 rings (SSSR count). The molecule has 0 amide bonds. The van der Waals surface area contributed by atoms with E-state index in [4.69, 9.17) is 5.26 Å². The number of rotatable bonds is 0. The van der Waals surface area contributed by atoms with Crippen LogP contribution in [0.1, 0.15) is 4.88 Å². The third-order valence-corrected chi connectivity index (χ3v) is 2.46. The molecular weight excluding hydrogens is 186 g/mol. The Morgan fingerprint density at radius 2 is 2.50 bits per heavy atom. The molecule has 0 N–H and O–H groups in total. The first-order chi connectivity index (χ1) is 3.84. The molecule has 0 aliphatic rings. The highest BCUT2D eigenvalue weighted by molar-refractivity contribution is 9.10. The molecule has 0 aromatic carbocycles. The Morgan fingerprint density at radius 3 is 2.75 bits per heavy atom. The second-order valence-electron chi connectivity index (χ2n) is 1.21. The molecule has 0 aliphatic carbocycles. The van der Waals surface area contributed by atoms with E-state index in [1.807, 2.05) is 17.5 Å². The molecule has 0 atom stereocenters. The highest BCUT2D eigenvalue weighted by Crippen LogP contribution is 2.20. The summed E-state index contributed by atoms with van der Waals surface area (Å²) in [4.78, 5) is 0.741. The highest BCUT2D eigenvalue weighted by Gasteiger charge is 1.95. The molecule has 0 saturated heterocycles. The van der Waals surface area contributed by atoms with Crippen molar-refractivity contribution in [3.63, 3.8) is 0 Å². The minimum absolute atomic E-state index is 0.741. The van der Waals surface area contributed by atoms with Crippen molar-refractivity contribution < 1.29 is 0 Å². The van der Waals surface area contributed by atoms with Gasteiger partial charge in [-0.25, -0.2) is 0 Å². The molecule has 1 aromatic rings. The fourth-order valence-electron chi connectivity index (χ4n) is 0.374. The maximum atomic E-state index is 8.34. The first-order valence-corrected chi connectivity index (χ1v) is 3.65. The first-order valence-electron chi connectivity index (χ1n) is 1.97. The minimum atomic E-state index is 0.741. The zero-order valence-corrected chi connectivity index (χ0v) is 6.29. The molecule has 0 bridgehead atoms. The summed E-state index contributed by atoms with van der Waals surface area (Å²) in [7, 11) is 0. The third-order valence-electron chi connectivity index (χ3n) is 0.719. The van der Waals surface area contributed by atoms with Gasteiger partial charge in [-0.1, -0.05) is 0 Å². The van der Waals surface area contributed by atoms with Crippen molar-refractivity contribution in [2.24, 2.45) is 0 Å². The fourth-order valence-corrected chi connectivity index (χ4v) is 1.62. The van der Waals surface area contributed by atoms with Gasteiger partial charge in [-0.15, -0.1) is 11.3 Å². The Labute approximate surface area is 59.7 Å². The van der Waals surface area contributed by atoms with Gasteiger partial charge in [0.05, 0.1) is 0 Å². The molecule has 1 nitrogen and oxygen atoms in total. The molecule has 0 saturated carbocycles. The largest absolute Gasteiger partial charge is 0.191 e. The SMILES string of the molecule is N#Cc1sccc1Br. The van der Waals surface area contributed by atoms with Crippen LogP contribution in [-0.2, 0) is 0 Å². The Morgan fingerprint density at radius 1 is 1.75 bits per heavy atom. The monoisotopic (exact) mass is 187 g/mol. The summed E-state index contributed by atoms with van der Waals surface area (Å²) < 4.78 is 0.894. The van der Waals surface area contributed by atoms with Gasteiger partial charge in [0, 0.05) is 4.47 Å². The topological polar surface area (TPSA) is 23.8 Å². The quantitative estimate of drug-likeness (QED) is 0.613. The lowest BCUT2D eigenvalue weighted by Gasteiger charge is -1.74. The Balaban J connectivity index is 3.15. The van der Waals surface area contributed by atoms with Crippen molar-refractivity contribution in [3.05, 3.63) is 20.8 Å². The van der Waals surface area contributed by atoms with E-state index in [0.717, 1.165) is 9.35 Å². The molecule has 1 heterocycles. The van der Waals surface area contributed by atoms with Crippen LogP contribution in [0.2, 0.25) is 0 Å². The Hall–Kier alpha value is -0.330. The van der Waals surface area contributed by atoms with Crippen molar-refractivity contribution in [1.82, 2.24) is 0 Å². The zero-order valence-electron chi connectivity index (χ0n) is 3.89. The highest BCUT2D eigenvalue weighted by atomic mass is 79.9. The number of hydrogen-bond donors (Lipinski definition) is 0.